The number of anilines is 1. The largest absolute Gasteiger partial charge is 0.361 e. The number of aromatic amines is 1. The highest BCUT2D eigenvalue weighted by Crippen LogP contribution is 2.43. The Morgan fingerprint density at radius 2 is 2.10 bits per heavy atom. The van der Waals surface area contributed by atoms with Gasteiger partial charge in [-0.2, -0.15) is 0 Å². The molecule has 1 unspecified atom stereocenters. The van der Waals surface area contributed by atoms with Crippen molar-refractivity contribution in [1.29, 1.82) is 0 Å². The van der Waals surface area contributed by atoms with Gasteiger partial charge in [0.15, 0.2) is 5.60 Å². The zero-order chi connectivity index (χ0) is 15.4. The number of carbonyl (C=O) groups is 1. The SMILES string of the molecule is CCOC1(C)C(=O)N(C)c2cc3c(=O)[nH]c(C)nc3cc21. The number of fused-ring (bicyclic) bond motifs is 2. The maximum absolute atomic E-state index is 12.5. The van der Waals surface area contributed by atoms with E-state index in [1.807, 2.05) is 6.92 Å². The lowest BCUT2D eigenvalue weighted by Gasteiger charge is -2.23. The summed E-state index contributed by atoms with van der Waals surface area (Å²) in [7, 11) is 1.69. The lowest BCUT2D eigenvalue weighted by molar-refractivity contribution is -0.140. The summed E-state index contributed by atoms with van der Waals surface area (Å²) in [6, 6.07) is 3.49. The van der Waals surface area contributed by atoms with Gasteiger partial charge in [-0.3, -0.25) is 9.59 Å². The predicted octanol–water partition coefficient (Wildman–Crippen LogP) is 1.46. The number of hydrogen-bond donors (Lipinski definition) is 1. The number of aryl methyl sites for hydroxylation is 1. The molecular formula is C15H17N3O3. The summed E-state index contributed by atoms with van der Waals surface area (Å²) < 4.78 is 5.70. The van der Waals surface area contributed by atoms with Crippen molar-refractivity contribution in [2.24, 2.45) is 0 Å². The Hall–Kier alpha value is -2.21. The van der Waals surface area contributed by atoms with E-state index < -0.39 is 5.60 Å². The molecule has 0 bridgehead atoms. The van der Waals surface area contributed by atoms with Crippen molar-refractivity contribution in [2.45, 2.75) is 26.4 Å². The predicted molar refractivity (Wildman–Crippen MR) is 79.5 cm³/mol. The van der Waals surface area contributed by atoms with E-state index in [0.717, 1.165) is 5.56 Å². The number of hydrogen-bond acceptors (Lipinski definition) is 4. The van der Waals surface area contributed by atoms with Gasteiger partial charge in [0.05, 0.1) is 16.6 Å². The number of rotatable bonds is 2. The number of carbonyl (C=O) groups excluding carboxylic acids is 1. The summed E-state index contributed by atoms with van der Waals surface area (Å²) in [6.45, 7) is 5.76. The number of likely N-dealkylation sites (N-methyl/N-ethyl adjacent to an activating group) is 1. The second-order valence-electron chi connectivity index (χ2n) is 5.37. The van der Waals surface area contributed by atoms with Crippen LogP contribution in [0.2, 0.25) is 0 Å². The first kappa shape index (κ1) is 13.8. The molecule has 6 nitrogen and oxygen atoms in total. The molecule has 1 aliphatic heterocycles. The van der Waals surface area contributed by atoms with Gasteiger partial charge in [0, 0.05) is 19.2 Å². The molecule has 0 radical (unpaired) electrons. The fraction of sp³-hybridized carbons (Fsp3) is 0.400. The van der Waals surface area contributed by atoms with Crippen LogP contribution in [0.25, 0.3) is 10.9 Å². The first-order valence-electron chi connectivity index (χ1n) is 6.85. The lowest BCUT2D eigenvalue weighted by atomic mass is 9.96. The smallest absolute Gasteiger partial charge is 0.263 e. The van der Waals surface area contributed by atoms with Crippen molar-refractivity contribution in [2.75, 3.05) is 18.6 Å². The summed E-state index contributed by atoms with van der Waals surface area (Å²) >= 11 is 0. The minimum Gasteiger partial charge on any atom is -0.361 e. The summed E-state index contributed by atoms with van der Waals surface area (Å²) in [5, 5.41) is 0.472. The molecule has 0 saturated carbocycles. The molecule has 0 fully saturated rings. The van der Waals surface area contributed by atoms with E-state index in [1.54, 1.807) is 33.0 Å². The van der Waals surface area contributed by atoms with E-state index in [4.69, 9.17) is 4.74 Å². The van der Waals surface area contributed by atoms with Gasteiger partial charge < -0.3 is 14.6 Å². The molecule has 21 heavy (non-hydrogen) atoms. The number of amides is 1. The molecule has 1 aliphatic rings. The van der Waals surface area contributed by atoms with E-state index in [2.05, 4.69) is 9.97 Å². The fourth-order valence-corrected chi connectivity index (χ4v) is 2.92. The van der Waals surface area contributed by atoms with Crippen LogP contribution in [-0.2, 0) is 15.1 Å². The summed E-state index contributed by atoms with van der Waals surface area (Å²) in [5.41, 5.74) is 0.794. The number of nitrogens with one attached hydrogen (secondary N) is 1. The molecule has 3 rings (SSSR count). The molecule has 1 amide bonds. The zero-order valence-electron chi connectivity index (χ0n) is 12.5. The first-order chi connectivity index (χ1) is 9.88. The third-order valence-electron chi connectivity index (χ3n) is 3.96. The number of nitrogens with zero attached hydrogens (tertiary/aromatic N) is 2. The van der Waals surface area contributed by atoms with Crippen LogP contribution in [-0.4, -0.2) is 29.5 Å². The molecule has 1 N–H and O–H groups in total. The van der Waals surface area contributed by atoms with E-state index in [1.165, 1.54) is 4.90 Å². The maximum Gasteiger partial charge on any atom is 0.263 e. The second-order valence-corrected chi connectivity index (χ2v) is 5.37. The molecule has 0 spiro atoms. The van der Waals surface area contributed by atoms with E-state index in [-0.39, 0.29) is 11.5 Å². The minimum atomic E-state index is -1.02. The van der Waals surface area contributed by atoms with Crippen molar-refractivity contribution in [3.8, 4) is 0 Å². The average molecular weight is 287 g/mol. The molecule has 1 aromatic heterocycles. The van der Waals surface area contributed by atoms with Crippen LogP contribution in [0.3, 0.4) is 0 Å². The molecule has 1 aromatic carbocycles. The number of aromatic nitrogens is 2. The summed E-state index contributed by atoms with van der Waals surface area (Å²) in [4.78, 5) is 33.1. The molecule has 0 aliphatic carbocycles. The number of ether oxygens (including phenoxy) is 1. The minimum absolute atomic E-state index is 0.136. The normalized spacial score (nSPS) is 21.1. The average Bonchev–Trinajstić information content (AvgIpc) is 2.60. The fourth-order valence-electron chi connectivity index (χ4n) is 2.92. The Morgan fingerprint density at radius 3 is 2.76 bits per heavy atom. The zero-order valence-corrected chi connectivity index (χ0v) is 12.5. The second kappa shape index (κ2) is 4.39. The third-order valence-corrected chi connectivity index (χ3v) is 3.96. The highest BCUT2D eigenvalue weighted by atomic mass is 16.5. The highest BCUT2D eigenvalue weighted by Gasteiger charge is 2.47. The first-order valence-corrected chi connectivity index (χ1v) is 6.85. The van der Waals surface area contributed by atoms with Crippen LogP contribution < -0.4 is 10.5 Å². The van der Waals surface area contributed by atoms with Gasteiger partial charge in [-0.15, -0.1) is 0 Å². The Balaban J connectivity index is 2.35. The van der Waals surface area contributed by atoms with Crippen LogP contribution in [0.1, 0.15) is 25.2 Å². The molecule has 0 saturated heterocycles. The van der Waals surface area contributed by atoms with Crippen LogP contribution in [0.4, 0.5) is 5.69 Å². The van der Waals surface area contributed by atoms with Gasteiger partial charge in [0.25, 0.3) is 11.5 Å². The quantitative estimate of drug-likeness (QED) is 0.907. The van der Waals surface area contributed by atoms with Crippen molar-refractivity contribution in [1.82, 2.24) is 9.97 Å². The topological polar surface area (TPSA) is 75.3 Å². The number of H-pyrrole nitrogens is 1. The Kier molecular flexibility index (Phi) is 2.88. The Labute approximate surface area is 121 Å². The van der Waals surface area contributed by atoms with Crippen molar-refractivity contribution >= 4 is 22.5 Å². The summed E-state index contributed by atoms with van der Waals surface area (Å²) in [5.74, 6) is 0.408. The lowest BCUT2D eigenvalue weighted by Crippen LogP contribution is -2.38. The standard InChI is InChI=1S/C15H17N3O3/c1-5-21-15(3)10-7-11-9(13(19)17-8(2)16-11)6-12(10)18(4)14(15)20/h6-7H,5H2,1-4H3,(H,16,17,19). The van der Waals surface area contributed by atoms with Gasteiger partial charge in [-0.1, -0.05) is 0 Å². The van der Waals surface area contributed by atoms with Crippen LogP contribution >= 0.6 is 0 Å². The molecule has 110 valence electrons. The molecule has 1 atom stereocenters. The monoisotopic (exact) mass is 287 g/mol. The highest BCUT2D eigenvalue weighted by molar-refractivity contribution is 6.08. The van der Waals surface area contributed by atoms with Crippen LogP contribution in [0, 0.1) is 6.92 Å². The van der Waals surface area contributed by atoms with Gasteiger partial charge in [-0.25, -0.2) is 4.98 Å². The van der Waals surface area contributed by atoms with Crippen molar-refractivity contribution in [3.63, 3.8) is 0 Å². The van der Waals surface area contributed by atoms with Crippen LogP contribution in [0.5, 0.6) is 0 Å². The van der Waals surface area contributed by atoms with Crippen LogP contribution in [0.15, 0.2) is 16.9 Å². The van der Waals surface area contributed by atoms with Gasteiger partial charge >= 0.3 is 0 Å². The van der Waals surface area contributed by atoms with Crippen molar-refractivity contribution in [3.05, 3.63) is 33.9 Å². The van der Waals surface area contributed by atoms with Gasteiger partial charge in [0.1, 0.15) is 5.82 Å². The molecule has 2 heterocycles. The summed E-state index contributed by atoms with van der Waals surface area (Å²) in [6.07, 6.45) is 0. The molecule has 6 heteroatoms. The Bertz CT molecular complexity index is 812. The maximum atomic E-state index is 12.5. The van der Waals surface area contributed by atoms with E-state index in [9.17, 15) is 9.59 Å². The van der Waals surface area contributed by atoms with E-state index >= 15 is 0 Å². The number of benzene rings is 1. The van der Waals surface area contributed by atoms with Crippen molar-refractivity contribution < 1.29 is 9.53 Å². The molecular weight excluding hydrogens is 270 g/mol. The molecule has 2 aromatic rings. The third kappa shape index (κ3) is 1.79. The Morgan fingerprint density at radius 1 is 1.38 bits per heavy atom. The van der Waals surface area contributed by atoms with E-state index in [0.29, 0.717) is 29.0 Å². The van der Waals surface area contributed by atoms with Gasteiger partial charge in [-0.05, 0) is 32.9 Å². The van der Waals surface area contributed by atoms with Gasteiger partial charge in [0.2, 0.25) is 0 Å².